The van der Waals surface area contributed by atoms with Crippen molar-refractivity contribution in [3.8, 4) is 0 Å². The molecule has 0 aliphatic heterocycles. The highest BCUT2D eigenvalue weighted by Gasteiger charge is 2.06. The molecule has 0 saturated heterocycles. The summed E-state index contributed by atoms with van der Waals surface area (Å²) in [5.74, 6) is 0.835. The van der Waals surface area contributed by atoms with Gasteiger partial charge in [0.2, 0.25) is 0 Å². The van der Waals surface area contributed by atoms with E-state index in [2.05, 4.69) is 23.2 Å². The summed E-state index contributed by atoms with van der Waals surface area (Å²) >= 11 is 0. The zero-order valence-electron chi connectivity index (χ0n) is 10.8. The van der Waals surface area contributed by atoms with Crippen LogP contribution in [0.4, 0.5) is 11.5 Å². The highest BCUT2D eigenvalue weighted by molar-refractivity contribution is 5.59. The van der Waals surface area contributed by atoms with Crippen molar-refractivity contribution >= 4 is 11.5 Å². The molecule has 0 amide bonds. The van der Waals surface area contributed by atoms with Crippen molar-refractivity contribution in [2.45, 2.75) is 19.9 Å². The predicted octanol–water partition coefficient (Wildman–Crippen LogP) is 2.27. The Bertz CT molecular complexity index is 507. The molecule has 0 aliphatic rings. The minimum absolute atomic E-state index is 0.544. The maximum Gasteiger partial charge on any atom is 0.155 e. The van der Waals surface area contributed by atoms with Crippen LogP contribution < -0.4 is 10.6 Å². The van der Waals surface area contributed by atoms with Crippen LogP contribution in [0.25, 0.3) is 0 Å². The van der Waals surface area contributed by atoms with Crippen molar-refractivity contribution in [3.63, 3.8) is 0 Å². The molecule has 0 saturated carbocycles. The van der Waals surface area contributed by atoms with Crippen molar-refractivity contribution in [1.82, 2.24) is 10.2 Å². The lowest BCUT2D eigenvalue weighted by molar-refractivity contribution is 0.904. The van der Waals surface area contributed by atoms with E-state index in [1.807, 2.05) is 42.3 Å². The Kier molecular flexibility index (Phi) is 3.89. The molecule has 0 fully saturated rings. The summed E-state index contributed by atoms with van der Waals surface area (Å²) < 4.78 is 0. The van der Waals surface area contributed by atoms with Gasteiger partial charge in [0.1, 0.15) is 0 Å². The SMILES string of the molecule is CCc1ccc(N(C)c2cccc(CN)c2)nn1. The molecule has 2 aromatic rings. The molecule has 1 aromatic carbocycles. The first kappa shape index (κ1) is 12.5. The predicted molar refractivity (Wildman–Crippen MR) is 73.8 cm³/mol. The quantitative estimate of drug-likeness (QED) is 0.893. The molecule has 1 aromatic heterocycles. The number of benzene rings is 1. The Morgan fingerprint density at radius 2 is 2.00 bits per heavy atom. The van der Waals surface area contributed by atoms with E-state index in [1.54, 1.807) is 0 Å². The van der Waals surface area contributed by atoms with E-state index in [9.17, 15) is 0 Å². The van der Waals surface area contributed by atoms with Crippen molar-refractivity contribution in [1.29, 1.82) is 0 Å². The summed E-state index contributed by atoms with van der Waals surface area (Å²) in [7, 11) is 1.98. The third-order valence-electron chi connectivity index (χ3n) is 2.95. The van der Waals surface area contributed by atoms with Crippen molar-refractivity contribution < 1.29 is 0 Å². The van der Waals surface area contributed by atoms with E-state index in [0.29, 0.717) is 6.54 Å². The molecule has 2 rings (SSSR count). The lowest BCUT2D eigenvalue weighted by Gasteiger charge is -2.18. The summed E-state index contributed by atoms with van der Waals surface area (Å²) in [4.78, 5) is 2.01. The highest BCUT2D eigenvalue weighted by Crippen LogP contribution is 2.21. The molecular weight excluding hydrogens is 224 g/mol. The number of aromatic nitrogens is 2. The first-order valence-corrected chi connectivity index (χ1v) is 6.10. The first-order valence-electron chi connectivity index (χ1n) is 6.10. The third-order valence-corrected chi connectivity index (χ3v) is 2.95. The summed E-state index contributed by atoms with van der Waals surface area (Å²) in [6.45, 7) is 2.61. The minimum Gasteiger partial charge on any atom is -0.328 e. The summed E-state index contributed by atoms with van der Waals surface area (Å²) in [5, 5.41) is 8.40. The zero-order valence-corrected chi connectivity index (χ0v) is 10.8. The second kappa shape index (κ2) is 5.60. The van der Waals surface area contributed by atoms with E-state index in [-0.39, 0.29) is 0 Å². The molecule has 94 valence electrons. The second-order valence-corrected chi connectivity index (χ2v) is 4.17. The van der Waals surface area contributed by atoms with Crippen LogP contribution in [0.1, 0.15) is 18.2 Å². The number of nitrogens with zero attached hydrogens (tertiary/aromatic N) is 3. The molecule has 0 atom stereocenters. The standard InChI is InChI=1S/C14H18N4/c1-3-12-7-8-14(17-16-12)18(2)13-6-4-5-11(9-13)10-15/h4-9H,3,10,15H2,1-2H3. The van der Waals surface area contributed by atoms with Gasteiger partial charge in [-0.05, 0) is 36.2 Å². The van der Waals surface area contributed by atoms with Crippen molar-refractivity contribution in [2.75, 3.05) is 11.9 Å². The van der Waals surface area contributed by atoms with E-state index in [0.717, 1.165) is 29.2 Å². The van der Waals surface area contributed by atoms with Gasteiger partial charge in [-0.15, -0.1) is 5.10 Å². The Labute approximate surface area is 107 Å². The molecule has 0 radical (unpaired) electrons. The maximum atomic E-state index is 5.65. The Hall–Kier alpha value is -1.94. The van der Waals surface area contributed by atoms with E-state index >= 15 is 0 Å². The number of nitrogens with two attached hydrogens (primary N) is 1. The normalized spacial score (nSPS) is 10.4. The van der Waals surface area contributed by atoms with Crippen LogP contribution in [0, 0.1) is 0 Å². The van der Waals surface area contributed by atoms with Gasteiger partial charge < -0.3 is 10.6 Å². The average Bonchev–Trinajstić information content (AvgIpc) is 2.46. The summed E-state index contributed by atoms with van der Waals surface area (Å²) in [6.07, 6.45) is 0.902. The molecule has 18 heavy (non-hydrogen) atoms. The fourth-order valence-electron chi connectivity index (χ4n) is 1.74. The summed E-state index contributed by atoms with van der Waals surface area (Å²) in [5.41, 5.74) is 8.83. The number of hydrogen-bond donors (Lipinski definition) is 1. The lowest BCUT2D eigenvalue weighted by Crippen LogP contribution is -2.12. The van der Waals surface area contributed by atoms with Crippen LogP contribution in [0.3, 0.4) is 0 Å². The molecule has 4 heteroatoms. The van der Waals surface area contributed by atoms with Crippen LogP contribution in [-0.4, -0.2) is 17.2 Å². The van der Waals surface area contributed by atoms with Gasteiger partial charge in [0.05, 0.1) is 5.69 Å². The third kappa shape index (κ3) is 2.65. The molecule has 0 spiro atoms. The van der Waals surface area contributed by atoms with Gasteiger partial charge in [0.25, 0.3) is 0 Å². The number of hydrogen-bond acceptors (Lipinski definition) is 4. The second-order valence-electron chi connectivity index (χ2n) is 4.17. The molecule has 2 N–H and O–H groups in total. The number of aryl methyl sites for hydroxylation is 1. The van der Waals surface area contributed by atoms with Crippen molar-refractivity contribution in [3.05, 3.63) is 47.7 Å². The van der Waals surface area contributed by atoms with Gasteiger partial charge in [0.15, 0.2) is 5.82 Å². The van der Waals surface area contributed by atoms with Crippen molar-refractivity contribution in [2.24, 2.45) is 5.73 Å². The van der Waals surface area contributed by atoms with Gasteiger partial charge in [-0.2, -0.15) is 5.10 Å². The topological polar surface area (TPSA) is 55.0 Å². The average molecular weight is 242 g/mol. The smallest absolute Gasteiger partial charge is 0.155 e. The van der Waals surface area contributed by atoms with Gasteiger partial charge in [0, 0.05) is 19.3 Å². The van der Waals surface area contributed by atoms with E-state index in [1.165, 1.54) is 0 Å². The van der Waals surface area contributed by atoms with Crippen LogP contribution in [-0.2, 0) is 13.0 Å². The monoisotopic (exact) mass is 242 g/mol. The number of rotatable bonds is 4. The molecule has 4 nitrogen and oxygen atoms in total. The van der Waals surface area contributed by atoms with Crippen LogP contribution in [0.5, 0.6) is 0 Å². The summed E-state index contributed by atoms with van der Waals surface area (Å²) in [6, 6.07) is 12.1. The van der Waals surface area contributed by atoms with E-state index < -0.39 is 0 Å². The highest BCUT2D eigenvalue weighted by atomic mass is 15.2. The minimum atomic E-state index is 0.544. The van der Waals surface area contributed by atoms with E-state index in [4.69, 9.17) is 5.73 Å². The van der Waals surface area contributed by atoms with Crippen LogP contribution in [0.2, 0.25) is 0 Å². The fraction of sp³-hybridized carbons (Fsp3) is 0.286. The molecular formula is C14H18N4. The maximum absolute atomic E-state index is 5.65. The Morgan fingerprint density at radius 1 is 1.17 bits per heavy atom. The fourth-order valence-corrected chi connectivity index (χ4v) is 1.74. The largest absolute Gasteiger partial charge is 0.328 e. The van der Waals surface area contributed by atoms with Gasteiger partial charge in [-0.1, -0.05) is 19.1 Å². The van der Waals surface area contributed by atoms with Gasteiger partial charge in [-0.25, -0.2) is 0 Å². The molecule has 0 unspecified atom stereocenters. The Balaban J connectivity index is 2.25. The number of anilines is 2. The molecule has 0 aliphatic carbocycles. The first-order chi connectivity index (χ1) is 8.74. The van der Waals surface area contributed by atoms with Gasteiger partial charge >= 0.3 is 0 Å². The Morgan fingerprint density at radius 3 is 2.61 bits per heavy atom. The zero-order chi connectivity index (χ0) is 13.0. The molecule has 1 heterocycles. The van der Waals surface area contributed by atoms with Gasteiger partial charge in [-0.3, -0.25) is 0 Å². The lowest BCUT2D eigenvalue weighted by atomic mass is 10.2. The van der Waals surface area contributed by atoms with Crippen LogP contribution >= 0.6 is 0 Å². The van der Waals surface area contributed by atoms with Crippen LogP contribution in [0.15, 0.2) is 36.4 Å². The molecule has 0 bridgehead atoms.